The van der Waals surface area contributed by atoms with Crippen molar-refractivity contribution in [1.82, 2.24) is 19.6 Å². The molecule has 3 N–H and O–H groups in total. The molecule has 1 saturated carbocycles. The summed E-state index contributed by atoms with van der Waals surface area (Å²) < 4.78 is 47.5. The molecule has 2 unspecified atom stereocenters. The summed E-state index contributed by atoms with van der Waals surface area (Å²) >= 11 is 0. The van der Waals surface area contributed by atoms with Crippen LogP contribution in [0.25, 0.3) is 0 Å². The van der Waals surface area contributed by atoms with Crippen molar-refractivity contribution < 1.29 is 32.7 Å². The predicted molar refractivity (Wildman–Crippen MR) is 111 cm³/mol. The zero-order valence-corrected chi connectivity index (χ0v) is 18.5. The summed E-state index contributed by atoms with van der Waals surface area (Å²) in [5.74, 6) is -1.93. The number of hydrogen-bond donors (Lipinski definition) is 2. The molecule has 2 amide bonds. The molecule has 3 saturated heterocycles. The molecular weight excluding hydrogens is 457 g/mol. The molecule has 0 bridgehead atoms. The van der Waals surface area contributed by atoms with Gasteiger partial charge in [-0.2, -0.15) is 18.3 Å². The Kier molecular flexibility index (Phi) is 5.30. The van der Waals surface area contributed by atoms with Crippen LogP contribution in [0.1, 0.15) is 48.7 Å². The number of amidine groups is 1. The molecule has 13 heteroatoms. The van der Waals surface area contributed by atoms with E-state index in [0.717, 1.165) is 19.3 Å². The average Bonchev–Trinajstić information content (AvgIpc) is 3.32. The molecule has 1 aromatic heterocycles. The summed E-state index contributed by atoms with van der Waals surface area (Å²) in [6.07, 6.45) is 0.657. The van der Waals surface area contributed by atoms with Crippen LogP contribution < -0.4 is 5.73 Å². The average molecular weight is 484 g/mol. The van der Waals surface area contributed by atoms with Gasteiger partial charge in [0.2, 0.25) is 5.91 Å². The van der Waals surface area contributed by atoms with Crippen LogP contribution in [0.5, 0.6) is 0 Å². The smallest absolute Gasteiger partial charge is 0.403 e. The zero-order chi connectivity index (χ0) is 24.3. The molecule has 2 atom stereocenters. The van der Waals surface area contributed by atoms with Gasteiger partial charge in [-0.3, -0.25) is 9.59 Å². The van der Waals surface area contributed by atoms with Gasteiger partial charge in [-0.05, 0) is 32.1 Å². The fourth-order valence-corrected chi connectivity index (χ4v) is 5.55. The molecule has 4 fully saturated rings. The van der Waals surface area contributed by atoms with Crippen molar-refractivity contribution in [3.8, 4) is 0 Å². The highest BCUT2D eigenvalue weighted by atomic mass is 19.4. The largest absolute Gasteiger partial charge is 0.409 e. The normalized spacial score (nSPS) is 28.1. The van der Waals surface area contributed by atoms with Crippen LogP contribution in [0.3, 0.4) is 0 Å². The molecule has 3 aliphatic heterocycles. The lowest BCUT2D eigenvalue weighted by atomic mass is 9.70. The maximum atomic E-state index is 13.4. The van der Waals surface area contributed by atoms with Gasteiger partial charge in [0.1, 0.15) is 17.5 Å². The Labute approximate surface area is 193 Å². The number of carbonyl (C=O) groups is 2. The highest BCUT2D eigenvalue weighted by Gasteiger charge is 2.71. The van der Waals surface area contributed by atoms with Crippen molar-refractivity contribution in [2.75, 3.05) is 32.8 Å². The number of nitrogens with two attached hydrogens (primary N) is 1. The maximum absolute atomic E-state index is 13.4. The minimum absolute atomic E-state index is 0.0174. The first-order chi connectivity index (χ1) is 16.1. The number of oxime groups is 1. The molecule has 34 heavy (non-hydrogen) atoms. The van der Waals surface area contributed by atoms with Gasteiger partial charge in [0.05, 0.1) is 11.8 Å². The van der Waals surface area contributed by atoms with Crippen molar-refractivity contribution in [3.63, 3.8) is 0 Å². The zero-order valence-electron chi connectivity index (χ0n) is 18.5. The Hall–Kier alpha value is -2.83. The molecule has 0 radical (unpaired) electrons. The van der Waals surface area contributed by atoms with Crippen molar-refractivity contribution >= 4 is 17.6 Å². The maximum Gasteiger partial charge on any atom is 0.403 e. The van der Waals surface area contributed by atoms with Gasteiger partial charge in [0.25, 0.3) is 5.91 Å². The molecule has 1 spiro atoms. The van der Waals surface area contributed by atoms with Crippen molar-refractivity contribution in [3.05, 3.63) is 18.0 Å². The van der Waals surface area contributed by atoms with Crippen molar-refractivity contribution in [2.45, 2.75) is 44.5 Å². The standard InChI is InChI=1S/C21H27F3N6O4/c22-21(23,24)20(4-5-20)18(32)29-11-19(12-29)10-28(9-14(19)16(25)27-33)17(31)13-7-26-30(8-13)15-3-1-2-6-34-15/h7-8,14-15,33H,1-6,9-12H2,(H2,25,27). The fraction of sp³-hybridized carbons (Fsp3) is 0.714. The number of alkyl halides is 3. The van der Waals surface area contributed by atoms with Gasteiger partial charge >= 0.3 is 6.18 Å². The summed E-state index contributed by atoms with van der Waals surface area (Å²) in [5, 5.41) is 16.6. The first-order valence-corrected chi connectivity index (χ1v) is 11.4. The van der Waals surface area contributed by atoms with Crippen LogP contribution >= 0.6 is 0 Å². The van der Waals surface area contributed by atoms with Gasteiger partial charge in [0, 0.05) is 50.3 Å². The number of halogens is 3. The van der Waals surface area contributed by atoms with Crippen LogP contribution in [0.4, 0.5) is 13.2 Å². The minimum Gasteiger partial charge on any atom is -0.409 e. The molecule has 186 valence electrons. The van der Waals surface area contributed by atoms with Gasteiger partial charge < -0.3 is 25.5 Å². The van der Waals surface area contributed by atoms with Gasteiger partial charge in [-0.25, -0.2) is 4.68 Å². The van der Waals surface area contributed by atoms with E-state index < -0.39 is 28.8 Å². The van der Waals surface area contributed by atoms with Crippen LogP contribution in [-0.2, 0) is 9.53 Å². The van der Waals surface area contributed by atoms with E-state index in [-0.39, 0.29) is 57.0 Å². The molecule has 4 aliphatic rings. The minimum atomic E-state index is -4.59. The second kappa shape index (κ2) is 7.85. The Balaban J connectivity index is 1.30. The Morgan fingerprint density at radius 1 is 1.21 bits per heavy atom. The van der Waals surface area contributed by atoms with Crippen LogP contribution in [0.2, 0.25) is 0 Å². The SMILES string of the molecule is N/C(=N\O)C1CN(C(=O)c2cnn(C3CCCCO3)c2)CC12CN(C(=O)C1(C(F)(F)F)CC1)C2. The summed E-state index contributed by atoms with van der Waals surface area (Å²) in [6.45, 7) is 0.981. The number of hydrogen-bond acceptors (Lipinski definition) is 6. The second-order valence-corrected chi connectivity index (χ2v) is 9.90. The van der Waals surface area contributed by atoms with Crippen LogP contribution in [0.15, 0.2) is 17.5 Å². The van der Waals surface area contributed by atoms with E-state index >= 15 is 0 Å². The summed E-state index contributed by atoms with van der Waals surface area (Å²) in [5.41, 5.74) is 3.21. The lowest BCUT2D eigenvalue weighted by Gasteiger charge is -2.51. The number of rotatable bonds is 4. The molecular formula is C21H27F3N6O4. The van der Waals surface area contributed by atoms with E-state index in [2.05, 4.69) is 10.3 Å². The second-order valence-electron chi connectivity index (χ2n) is 9.90. The van der Waals surface area contributed by atoms with E-state index in [1.807, 2.05) is 0 Å². The molecule has 1 aliphatic carbocycles. The van der Waals surface area contributed by atoms with E-state index in [4.69, 9.17) is 10.5 Å². The van der Waals surface area contributed by atoms with Crippen molar-refractivity contribution in [2.24, 2.45) is 27.6 Å². The number of amides is 2. The summed E-state index contributed by atoms with van der Waals surface area (Å²) in [7, 11) is 0. The number of nitrogens with zero attached hydrogens (tertiary/aromatic N) is 5. The number of aromatic nitrogens is 2. The van der Waals surface area contributed by atoms with E-state index in [1.165, 1.54) is 16.0 Å². The third-order valence-corrected chi connectivity index (χ3v) is 7.71. The van der Waals surface area contributed by atoms with E-state index in [1.54, 1.807) is 10.9 Å². The van der Waals surface area contributed by atoms with Crippen LogP contribution in [-0.4, -0.2) is 81.4 Å². The number of carbonyl (C=O) groups excluding carboxylic acids is 2. The topological polar surface area (TPSA) is 126 Å². The Morgan fingerprint density at radius 3 is 2.50 bits per heavy atom. The van der Waals surface area contributed by atoms with Gasteiger partial charge in [-0.1, -0.05) is 5.16 Å². The van der Waals surface area contributed by atoms with Crippen LogP contribution in [0, 0.1) is 16.7 Å². The van der Waals surface area contributed by atoms with Gasteiger partial charge in [0.15, 0.2) is 0 Å². The first-order valence-electron chi connectivity index (χ1n) is 11.4. The highest BCUT2D eigenvalue weighted by molar-refractivity contribution is 5.95. The quantitative estimate of drug-likeness (QED) is 0.289. The lowest BCUT2D eigenvalue weighted by Crippen LogP contribution is -2.65. The molecule has 4 heterocycles. The molecule has 10 nitrogen and oxygen atoms in total. The third-order valence-electron chi connectivity index (χ3n) is 7.71. The Morgan fingerprint density at radius 2 is 1.91 bits per heavy atom. The lowest BCUT2D eigenvalue weighted by molar-refractivity contribution is -0.204. The van der Waals surface area contributed by atoms with Crippen molar-refractivity contribution in [1.29, 1.82) is 0 Å². The summed E-state index contributed by atoms with van der Waals surface area (Å²) in [6, 6.07) is 0. The number of likely N-dealkylation sites (tertiary alicyclic amines) is 2. The summed E-state index contributed by atoms with van der Waals surface area (Å²) in [4.78, 5) is 28.5. The van der Waals surface area contributed by atoms with Gasteiger partial charge in [-0.15, -0.1) is 0 Å². The molecule has 5 rings (SSSR count). The third kappa shape index (κ3) is 3.51. The number of ether oxygens (including phenoxy) is 1. The fourth-order valence-electron chi connectivity index (χ4n) is 5.55. The molecule has 0 aromatic carbocycles. The Bertz CT molecular complexity index is 1010. The van der Waals surface area contributed by atoms with E-state index in [9.17, 15) is 28.0 Å². The first kappa shape index (κ1) is 22.9. The molecule has 1 aromatic rings. The highest BCUT2D eigenvalue weighted by Crippen LogP contribution is 2.60. The van der Waals surface area contributed by atoms with E-state index in [0.29, 0.717) is 12.2 Å². The predicted octanol–water partition coefficient (Wildman–Crippen LogP) is 1.57. The monoisotopic (exact) mass is 484 g/mol.